The third kappa shape index (κ3) is 3.20. The van der Waals surface area contributed by atoms with Crippen molar-refractivity contribution in [3.05, 3.63) is 18.1 Å². The molecule has 0 aliphatic carbocycles. The topological polar surface area (TPSA) is 70.2 Å². The van der Waals surface area contributed by atoms with Crippen molar-refractivity contribution in [3.8, 4) is 0 Å². The number of hydrogen-bond acceptors (Lipinski definition) is 5. The van der Waals surface area contributed by atoms with Crippen LogP contribution in [0.3, 0.4) is 0 Å². The summed E-state index contributed by atoms with van der Waals surface area (Å²) in [5.41, 5.74) is 3.28. The van der Waals surface area contributed by atoms with Crippen LogP contribution in [0.5, 0.6) is 0 Å². The number of amides is 1. The zero-order valence-electron chi connectivity index (χ0n) is 11.7. The fraction of sp³-hybridized carbons (Fsp3) is 0.615. The molecule has 0 aromatic carbocycles. The molecule has 2 heterocycles. The van der Waals surface area contributed by atoms with E-state index in [0.717, 1.165) is 12.8 Å². The third-order valence-electron chi connectivity index (χ3n) is 3.56. The minimum Gasteiger partial charge on any atom is -0.372 e. The first-order chi connectivity index (χ1) is 9.11. The van der Waals surface area contributed by atoms with Crippen molar-refractivity contribution in [3.63, 3.8) is 0 Å². The number of hydrogen-bond donors (Lipinski definition) is 2. The number of nitrogens with one attached hydrogen (secondary N) is 2. The Kier molecular flexibility index (Phi) is 4.31. The third-order valence-corrected chi connectivity index (χ3v) is 3.56. The highest BCUT2D eigenvalue weighted by Crippen LogP contribution is 2.20. The van der Waals surface area contributed by atoms with E-state index in [1.807, 2.05) is 5.01 Å². The second-order valence-corrected chi connectivity index (χ2v) is 5.01. The zero-order valence-corrected chi connectivity index (χ0v) is 11.7. The van der Waals surface area contributed by atoms with Gasteiger partial charge in [0.2, 0.25) is 0 Å². The number of anilines is 1. The van der Waals surface area contributed by atoms with Crippen LogP contribution in [0.2, 0.25) is 0 Å². The Morgan fingerprint density at radius 1 is 1.26 bits per heavy atom. The van der Waals surface area contributed by atoms with E-state index >= 15 is 0 Å². The maximum atomic E-state index is 12.1. The summed E-state index contributed by atoms with van der Waals surface area (Å²) in [5, 5.41) is 4.90. The van der Waals surface area contributed by atoms with Crippen LogP contribution >= 0.6 is 0 Å². The van der Waals surface area contributed by atoms with Crippen molar-refractivity contribution < 1.29 is 4.79 Å². The van der Waals surface area contributed by atoms with E-state index in [1.54, 1.807) is 13.2 Å². The lowest BCUT2D eigenvalue weighted by Gasteiger charge is -2.38. The van der Waals surface area contributed by atoms with Gasteiger partial charge in [-0.2, -0.15) is 0 Å². The van der Waals surface area contributed by atoms with Gasteiger partial charge >= 0.3 is 0 Å². The van der Waals surface area contributed by atoms with Gasteiger partial charge in [-0.3, -0.25) is 10.2 Å². The predicted molar refractivity (Wildman–Crippen MR) is 73.7 cm³/mol. The molecule has 6 nitrogen and oxygen atoms in total. The van der Waals surface area contributed by atoms with Gasteiger partial charge in [0.05, 0.1) is 12.4 Å². The van der Waals surface area contributed by atoms with Gasteiger partial charge < -0.3 is 5.32 Å². The summed E-state index contributed by atoms with van der Waals surface area (Å²) < 4.78 is 0. The highest BCUT2D eigenvalue weighted by molar-refractivity contribution is 5.91. The van der Waals surface area contributed by atoms with Crippen LogP contribution in [0.4, 0.5) is 5.82 Å². The van der Waals surface area contributed by atoms with Gasteiger partial charge in [-0.25, -0.2) is 15.0 Å². The van der Waals surface area contributed by atoms with Crippen LogP contribution in [-0.2, 0) is 0 Å². The van der Waals surface area contributed by atoms with Crippen LogP contribution in [0.1, 0.15) is 43.6 Å². The zero-order chi connectivity index (χ0) is 13.8. The van der Waals surface area contributed by atoms with Crippen LogP contribution in [-0.4, -0.2) is 40.0 Å². The van der Waals surface area contributed by atoms with Crippen molar-refractivity contribution in [1.29, 1.82) is 0 Å². The largest absolute Gasteiger partial charge is 0.372 e. The molecule has 1 fully saturated rings. The summed E-state index contributed by atoms with van der Waals surface area (Å²) in [7, 11) is 1.76. The lowest BCUT2D eigenvalue weighted by atomic mass is 10.00. The summed E-state index contributed by atoms with van der Waals surface area (Å²) in [6.45, 7) is 4.26. The first-order valence-electron chi connectivity index (χ1n) is 6.71. The molecule has 1 aliphatic rings. The Labute approximate surface area is 113 Å². The number of piperidine rings is 1. The van der Waals surface area contributed by atoms with Crippen molar-refractivity contribution in [2.45, 2.75) is 45.2 Å². The quantitative estimate of drug-likeness (QED) is 0.863. The lowest BCUT2D eigenvalue weighted by Crippen LogP contribution is -2.54. The molecule has 0 spiro atoms. The molecule has 2 N–H and O–H groups in total. The summed E-state index contributed by atoms with van der Waals surface area (Å²) in [6.07, 6.45) is 6.47. The average Bonchev–Trinajstić information content (AvgIpc) is 2.43. The van der Waals surface area contributed by atoms with Crippen LogP contribution in [0.25, 0.3) is 0 Å². The number of rotatable bonds is 3. The van der Waals surface area contributed by atoms with Gasteiger partial charge in [-0.1, -0.05) is 6.42 Å². The van der Waals surface area contributed by atoms with Gasteiger partial charge in [-0.05, 0) is 26.7 Å². The van der Waals surface area contributed by atoms with Crippen molar-refractivity contribution in [2.24, 2.45) is 0 Å². The predicted octanol–water partition coefficient (Wildman–Crippen LogP) is 1.43. The molecule has 0 radical (unpaired) electrons. The van der Waals surface area contributed by atoms with Gasteiger partial charge in [0.1, 0.15) is 11.5 Å². The van der Waals surface area contributed by atoms with Gasteiger partial charge in [0.15, 0.2) is 0 Å². The molecule has 2 unspecified atom stereocenters. The van der Waals surface area contributed by atoms with Crippen LogP contribution < -0.4 is 10.7 Å². The molecule has 1 amide bonds. The number of carbonyl (C=O) groups is 1. The average molecular weight is 263 g/mol. The lowest BCUT2D eigenvalue weighted by molar-refractivity contribution is 0.0366. The van der Waals surface area contributed by atoms with Crippen molar-refractivity contribution in [1.82, 2.24) is 20.4 Å². The molecule has 2 rings (SSSR count). The molecular weight excluding hydrogens is 242 g/mol. The summed E-state index contributed by atoms with van der Waals surface area (Å²) in [6, 6.07) is 0.717. The Bertz CT molecular complexity index is 423. The molecule has 0 bridgehead atoms. The van der Waals surface area contributed by atoms with Crippen LogP contribution in [0, 0.1) is 0 Å². The maximum Gasteiger partial charge on any atom is 0.285 e. The minimum atomic E-state index is -0.198. The Morgan fingerprint density at radius 3 is 2.47 bits per heavy atom. The standard InChI is InChI=1S/C13H21N5O/c1-9-5-4-6-10(2)18(9)17-13(19)11-7-16-12(14-3)8-15-11/h7-10H,4-6H2,1-3H3,(H,14,16)(H,17,19). The normalized spacial score (nSPS) is 23.9. The van der Waals surface area contributed by atoms with E-state index in [4.69, 9.17) is 0 Å². The number of hydrazine groups is 1. The van der Waals surface area contributed by atoms with Gasteiger partial charge in [0.25, 0.3) is 5.91 Å². The molecule has 1 aromatic rings. The van der Waals surface area contributed by atoms with Crippen molar-refractivity contribution >= 4 is 11.7 Å². The molecule has 2 atom stereocenters. The second kappa shape index (κ2) is 5.97. The molecule has 104 valence electrons. The number of nitrogens with zero attached hydrogens (tertiary/aromatic N) is 3. The van der Waals surface area contributed by atoms with E-state index in [1.165, 1.54) is 12.6 Å². The smallest absolute Gasteiger partial charge is 0.285 e. The second-order valence-electron chi connectivity index (χ2n) is 5.01. The summed E-state index contributed by atoms with van der Waals surface area (Å²) in [4.78, 5) is 20.3. The first kappa shape index (κ1) is 13.7. The van der Waals surface area contributed by atoms with Gasteiger partial charge in [0, 0.05) is 19.1 Å². The highest BCUT2D eigenvalue weighted by atomic mass is 16.2. The van der Waals surface area contributed by atoms with E-state index in [2.05, 4.69) is 34.6 Å². The summed E-state index contributed by atoms with van der Waals surface area (Å²) >= 11 is 0. The van der Waals surface area contributed by atoms with Crippen LogP contribution in [0.15, 0.2) is 12.4 Å². The fourth-order valence-corrected chi connectivity index (χ4v) is 2.39. The SMILES string of the molecule is CNc1cnc(C(=O)NN2C(C)CCCC2C)cn1. The molecule has 6 heteroatoms. The number of carbonyl (C=O) groups excluding carboxylic acids is 1. The molecule has 1 aliphatic heterocycles. The Hall–Kier alpha value is -1.69. The molecule has 0 saturated carbocycles. The summed E-state index contributed by atoms with van der Waals surface area (Å²) in [5.74, 6) is 0.451. The highest BCUT2D eigenvalue weighted by Gasteiger charge is 2.26. The molecular formula is C13H21N5O. The molecule has 1 saturated heterocycles. The first-order valence-corrected chi connectivity index (χ1v) is 6.71. The molecule has 19 heavy (non-hydrogen) atoms. The fourth-order valence-electron chi connectivity index (χ4n) is 2.39. The van der Waals surface area contributed by atoms with E-state index in [9.17, 15) is 4.79 Å². The van der Waals surface area contributed by atoms with E-state index in [-0.39, 0.29) is 5.91 Å². The van der Waals surface area contributed by atoms with E-state index in [0.29, 0.717) is 23.6 Å². The molecule has 1 aromatic heterocycles. The Morgan fingerprint density at radius 2 is 1.95 bits per heavy atom. The monoisotopic (exact) mass is 263 g/mol. The van der Waals surface area contributed by atoms with Crippen molar-refractivity contribution in [2.75, 3.05) is 12.4 Å². The Balaban J connectivity index is 2.02. The van der Waals surface area contributed by atoms with Gasteiger partial charge in [-0.15, -0.1) is 0 Å². The van der Waals surface area contributed by atoms with E-state index < -0.39 is 0 Å². The minimum absolute atomic E-state index is 0.198. The number of aromatic nitrogens is 2. The maximum absolute atomic E-state index is 12.1.